The fraction of sp³-hybridized carbons (Fsp3) is 1.00. The van der Waals surface area contributed by atoms with Crippen LogP contribution >= 0.6 is 0 Å². The lowest BCUT2D eigenvalue weighted by molar-refractivity contribution is 0.140. The Morgan fingerprint density at radius 2 is 1.61 bits per heavy atom. The Labute approximate surface area is 113 Å². The highest BCUT2D eigenvalue weighted by Crippen LogP contribution is 2.30. The van der Waals surface area contributed by atoms with Gasteiger partial charge in [0, 0.05) is 18.1 Å². The lowest BCUT2D eigenvalue weighted by Crippen LogP contribution is -2.46. The minimum Gasteiger partial charge on any atom is -0.325 e. The van der Waals surface area contributed by atoms with E-state index >= 15 is 0 Å². The van der Waals surface area contributed by atoms with Crippen molar-refractivity contribution < 1.29 is 0 Å². The second-order valence-electron chi connectivity index (χ2n) is 6.59. The Morgan fingerprint density at radius 3 is 2.22 bits per heavy atom. The summed E-state index contributed by atoms with van der Waals surface area (Å²) in [6.07, 6.45) is 15.0. The molecule has 0 aromatic rings. The zero-order valence-electron chi connectivity index (χ0n) is 12.3. The van der Waals surface area contributed by atoms with Gasteiger partial charge in [-0.2, -0.15) is 0 Å². The second-order valence-corrected chi connectivity index (χ2v) is 6.59. The van der Waals surface area contributed by atoms with Gasteiger partial charge < -0.3 is 10.6 Å². The van der Waals surface area contributed by atoms with Crippen LogP contribution in [-0.4, -0.2) is 29.6 Å². The Balaban J connectivity index is 1.78. The number of nitrogens with two attached hydrogens (primary N) is 1. The van der Waals surface area contributed by atoms with Crippen molar-refractivity contribution in [1.82, 2.24) is 4.90 Å². The summed E-state index contributed by atoms with van der Waals surface area (Å²) in [7, 11) is 0. The molecule has 0 amide bonds. The van der Waals surface area contributed by atoms with Crippen molar-refractivity contribution in [1.29, 1.82) is 0 Å². The zero-order valence-corrected chi connectivity index (χ0v) is 12.3. The number of hydrogen-bond acceptors (Lipinski definition) is 2. The van der Waals surface area contributed by atoms with Gasteiger partial charge in [-0.1, -0.05) is 45.4 Å². The summed E-state index contributed by atoms with van der Waals surface area (Å²) < 4.78 is 0. The normalized spacial score (nSPS) is 25.5. The van der Waals surface area contributed by atoms with Crippen molar-refractivity contribution in [3.63, 3.8) is 0 Å². The summed E-state index contributed by atoms with van der Waals surface area (Å²) in [6.45, 7) is 4.76. The Bertz CT molecular complexity index is 227. The van der Waals surface area contributed by atoms with Gasteiger partial charge in [0.25, 0.3) is 0 Å². The number of nitrogens with zero attached hydrogens (tertiary/aromatic N) is 1. The maximum atomic E-state index is 6.56. The van der Waals surface area contributed by atoms with E-state index in [1.807, 2.05) is 0 Å². The molecule has 2 rings (SSSR count). The van der Waals surface area contributed by atoms with Crippen molar-refractivity contribution >= 4 is 0 Å². The van der Waals surface area contributed by atoms with Crippen LogP contribution < -0.4 is 5.73 Å². The van der Waals surface area contributed by atoms with Gasteiger partial charge >= 0.3 is 0 Å². The van der Waals surface area contributed by atoms with Crippen LogP contribution in [0.1, 0.15) is 77.6 Å². The van der Waals surface area contributed by atoms with Crippen molar-refractivity contribution in [3.05, 3.63) is 0 Å². The maximum absolute atomic E-state index is 6.56. The highest BCUT2D eigenvalue weighted by molar-refractivity contribution is 4.89. The highest BCUT2D eigenvalue weighted by Gasteiger charge is 2.29. The van der Waals surface area contributed by atoms with Gasteiger partial charge in [-0.3, -0.25) is 0 Å². The lowest BCUT2D eigenvalue weighted by Gasteiger charge is -2.38. The van der Waals surface area contributed by atoms with Crippen LogP contribution in [-0.2, 0) is 0 Å². The third-order valence-electron chi connectivity index (χ3n) is 5.24. The standard InChI is InChI=1S/C16H32N2/c1-2-18(15-9-5-3-6-10-15)14-13-16(17)11-7-4-8-12-16/h15H,2-14,17H2,1H3. The predicted octanol–water partition coefficient (Wildman–Crippen LogP) is 3.69. The van der Waals surface area contributed by atoms with Crippen LogP contribution in [0.15, 0.2) is 0 Å². The van der Waals surface area contributed by atoms with E-state index in [9.17, 15) is 0 Å². The first kappa shape index (κ1) is 14.3. The SMILES string of the molecule is CCN(CCC1(N)CCCCC1)C1CCCCC1. The van der Waals surface area contributed by atoms with Crippen molar-refractivity contribution in [2.45, 2.75) is 89.1 Å². The van der Waals surface area contributed by atoms with E-state index in [0.29, 0.717) is 0 Å². The molecule has 0 unspecified atom stereocenters. The van der Waals surface area contributed by atoms with E-state index in [1.54, 1.807) is 0 Å². The molecule has 0 spiro atoms. The molecule has 106 valence electrons. The van der Waals surface area contributed by atoms with Gasteiger partial charge in [-0.15, -0.1) is 0 Å². The number of rotatable bonds is 5. The van der Waals surface area contributed by atoms with Gasteiger partial charge in [0.1, 0.15) is 0 Å². The predicted molar refractivity (Wildman–Crippen MR) is 78.7 cm³/mol. The smallest absolute Gasteiger partial charge is 0.0166 e. The molecule has 0 aliphatic heterocycles. The van der Waals surface area contributed by atoms with Crippen LogP contribution in [0.25, 0.3) is 0 Å². The molecule has 0 aromatic carbocycles. The summed E-state index contributed by atoms with van der Waals surface area (Å²) in [5.41, 5.74) is 6.73. The van der Waals surface area contributed by atoms with Gasteiger partial charge in [0.2, 0.25) is 0 Å². The van der Waals surface area contributed by atoms with E-state index in [2.05, 4.69) is 11.8 Å². The largest absolute Gasteiger partial charge is 0.325 e. The van der Waals surface area contributed by atoms with Crippen LogP contribution in [0.2, 0.25) is 0 Å². The van der Waals surface area contributed by atoms with Gasteiger partial charge in [0.15, 0.2) is 0 Å². The van der Waals surface area contributed by atoms with Crippen LogP contribution in [0.5, 0.6) is 0 Å². The van der Waals surface area contributed by atoms with Gasteiger partial charge in [-0.25, -0.2) is 0 Å². The lowest BCUT2D eigenvalue weighted by atomic mass is 9.80. The first-order chi connectivity index (χ1) is 8.73. The third-order valence-corrected chi connectivity index (χ3v) is 5.24. The molecule has 18 heavy (non-hydrogen) atoms. The van der Waals surface area contributed by atoms with Crippen LogP contribution in [0.3, 0.4) is 0 Å². The minimum atomic E-state index is 0.167. The Kier molecular flexibility index (Phi) is 5.50. The fourth-order valence-corrected chi connectivity index (χ4v) is 3.92. The molecule has 2 saturated carbocycles. The molecule has 0 radical (unpaired) electrons. The molecule has 0 aromatic heterocycles. The zero-order chi connectivity index (χ0) is 12.8. The van der Waals surface area contributed by atoms with Gasteiger partial charge in [-0.05, 0) is 38.6 Å². The molecular formula is C16H32N2. The Hall–Kier alpha value is -0.0800. The number of hydrogen-bond donors (Lipinski definition) is 1. The highest BCUT2D eigenvalue weighted by atomic mass is 15.1. The molecule has 2 nitrogen and oxygen atoms in total. The summed E-state index contributed by atoms with van der Waals surface area (Å²) in [6, 6.07) is 0.857. The summed E-state index contributed by atoms with van der Waals surface area (Å²) in [5.74, 6) is 0. The summed E-state index contributed by atoms with van der Waals surface area (Å²) >= 11 is 0. The molecule has 2 fully saturated rings. The second kappa shape index (κ2) is 6.91. The molecule has 2 aliphatic carbocycles. The van der Waals surface area contributed by atoms with Crippen molar-refractivity contribution in [3.8, 4) is 0 Å². The summed E-state index contributed by atoms with van der Waals surface area (Å²) in [5, 5.41) is 0. The fourth-order valence-electron chi connectivity index (χ4n) is 3.92. The molecule has 0 saturated heterocycles. The molecular weight excluding hydrogens is 220 g/mol. The van der Waals surface area contributed by atoms with E-state index in [4.69, 9.17) is 5.73 Å². The topological polar surface area (TPSA) is 29.3 Å². The third kappa shape index (κ3) is 3.96. The van der Waals surface area contributed by atoms with Crippen molar-refractivity contribution in [2.24, 2.45) is 5.73 Å². The molecule has 0 heterocycles. The molecule has 2 heteroatoms. The van der Waals surface area contributed by atoms with E-state index < -0.39 is 0 Å². The minimum absolute atomic E-state index is 0.167. The van der Waals surface area contributed by atoms with E-state index in [1.165, 1.54) is 83.7 Å². The average Bonchev–Trinajstić information content (AvgIpc) is 2.41. The summed E-state index contributed by atoms with van der Waals surface area (Å²) in [4.78, 5) is 2.71. The van der Waals surface area contributed by atoms with E-state index in [0.717, 1.165) is 6.04 Å². The average molecular weight is 252 g/mol. The van der Waals surface area contributed by atoms with Crippen molar-refractivity contribution in [2.75, 3.05) is 13.1 Å². The first-order valence-electron chi connectivity index (χ1n) is 8.26. The molecule has 0 bridgehead atoms. The Morgan fingerprint density at radius 1 is 1.00 bits per heavy atom. The van der Waals surface area contributed by atoms with Crippen LogP contribution in [0.4, 0.5) is 0 Å². The molecule has 0 atom stereocenters. The monoisotopic (exact) mass is 252 g/mol. The maximum Gasteiger partial charge on any atom is 0.0166 e. The van der Waals surface area contributed by atoms with E-state index in [-0.39, 0.29) is 5.54 Å². The quantitative estimate of drug-likeness (QED) is 0.808. The first-order valence-corrected chi connectivity index (χ1v) is 8.26. The van der Waals surface area contributed by atoms with Gasteiger partial charge in [0.05, 0.1) is 0 Å². The molecule has 2 aliphatic rings. The molecule has 2 N–H and O–H groups in total. The van der Waals surface area contributed by atoms with Crippen LogP contribution in [0, 0.1) is 0 Å².